The van der Waals surface area contributed by atoms with E-state index >= 15 is 0 Å². The molecule has 0 saturated heterocycles. The molecule has 4 rings (SSSR count). The molecule has 0 fully saturated rings. The number of hydrogen-bond donors (Lipinski definition) is 3. The van der Waals surface area contributed by atoms with Crippen LogP contribution in [-0.2, 0) is 0 Å². The second-order valence-corrected chi connectivity index (χ2v) is 7.27. The summed E-state index contributed by atoms with van der Waals surface area (Å²) in [6.45, 7) is 10.4. The van der Waals surface area contributed by atoms with Gasteiger partial charge in [0.25, 0.3) is 5.91 Å². The van der Waals surface area contributed by atoms with Crippen LogP contribution in [0.2, 0.25) is 0 Å². The van der Waals surface area contributed by atoms with Crippen LogP contribution in [0.4, 0.5) is 0 Å². The van der Waals surface area contributed by atoms with Crippen molar-refractivity contribution in [2.24, 2.45) is 0 Å². The van der Waals surface area contributed by atoms with E-state index in [9.17, 15) is 14.7 Å². The third-order valence-electron chi connectivity index (χ3n) is 4.84. The van der Waals surface area contributed by atoms with Crippen molar-refractivity contribution in [3.8, 4) is 28.2 Å². The van der Waals surface area contributed by atoms with Crippen molar-refractivity contribution in [3.05, 3.63) is 75.9 Å². The Labute approximate surface area is 200 Å². The summed E-state index contributed by atoms with van der Waals surface area (Å²) in [6.07, 6.45) is 0. The summed E-state index contributed by atoms with van der Waals surface area (Å²) in [7, 11) is 0. The summed E-state index contributed by atoms with van der Waals surface area (Å²) in [6, 6.07) is 15.1. The van der Waals surface area contributed by atoms with Crippen molar-refractivity contribution in [3.63, 3.8) is 0 Å². The molecule has 1 aliphatic heterocycles. The van der Waals surface area contributed by atoms with E-state index in [1.807, 2.05) is 46.8 Å². The number of aryl methyl sites for hydroxylation is 1. The molecule has 5 nitrogen and oxygen atoms in total. The molecule has 1 aliphatic carbocycles. The maximum Gasteiger partial charge on any atom is 0.251 e. The van der Waals surface area contributed by atoms with Crippen molar-refractivity contribution in [2.75, 3.05) is 12.3 Å². The molecule has 33 heavy (non-hydrogen) atoms. The van der Waals surface area contributed by atoms with Crippen molar-refractivity contribution >= 4 is 29.5 Å². The van der Waals surface area contributed by atoms with E-state index in [0.29, 0.717) is 29.2 Å². The van der Waals surface area contributed by atoms with Gasteiger partial charge in [0, 0.05) is 46.5 Å². The van der Waals surface area contributed by atoms with Gasteiger partial charge in [-0.25, -0.2) is 0 Å². The lowest BCUT2D eigenvalue weighted by Crippen LogP contribution is -2.25. The molecule has 0 aromatic heterocycles. The van der Waals surface area contributed by atoms with Crippen molar-refractivity contribution in [1.82, 2.24) is 5.32 Å². The first-order valence-corrected chi connectivity index (χ1v) is 11.8. The lowest BCUT2D eigenvalue weighted by Gasteiger charge is -2.17. The van der Waals surface area contributed by atoms with E-state index in [1.165, 1.54) is 18.2 Å². The van der Waals surface area contributed by atoms with Gasteiger partial charge in [0.05, 0.1) is 0 Å². The number of thiol groups is 1. The smallest absolute Gasteiger partial charge is 0.251 e. The number of phenols is 1. The molecule has 1 heterocycles. The quantitative estimate of drug-likeness (QED) is 0.244. The Morgan fingerprint density at radius 1 is 0.970 bits per heavy atom. The Kier molecular flexibility index (Phi) is 9.55. The van der Waals surface area contributed by atoms with Crippen LogP contribution in [0, 0.1) is 6.92 Å². The molecule has 0 spiro atoms. The average Bonchev–Trinajstić information content (AvgIpc) is 2.84. The number of phenolic OH excluding ortho intramolecular Hbond substituents is 1. The number of nitrogens with one attached hydrogen (secondary N) is 1. The molecular formula is C27H31NO4S. The number of amides is 1. The molecule has 174 valence electrons. The van der Waals surface area contributed by atoms with Gasteiger partial charge in [-0.1, -0.05) is 33.8 Å². The second kappa shape index (κ2) is 12.1. The zero-order chi connectivity index (χ0) is 24.5. The monoisotopic (exact) mass is 465 g/mol. The van der Waals surface area contributed by atoms with Crippen molar-refractivity contribution in [1.29, 1.82) is 0 Å². The Morgan fingerprint density at radius 3 is 2.39 bits per heavy atom. The van der Waals surface area contributed by atoms with E-state index < -0.39 is 0 Å². The number of carbonyl (C=O) groups is 1. The minimum absolute atomic E-state index is 0.0708. The molecule has 2 N–H and O–H groups in total. The predicted molar refractivity (Wildman–Crippen MR) is 140 cm³/mol. The number of aromatic hydroxyl groups is 1. The summed E-state index contributed by atoms with van der Waals surface area (Å²) >= 11 is 4.13. The van der Waals surface area contributed by atoms with Crippen LogP contribution in [0.5, 0.6) is 5.75 Å². The summed E-state index contributed by atoms with van der Waals surface area (Å²) < 4.78 is 5.89. The van der Waals surface area contributed by atoms with Gasteiger partial charge in [-0.15, -0.1) is 0 Å². The number of benzene rings is 3. The number of rotatable bonds is 4. The highest BCUT2D eigenvalue weighted by Crippen LogP contribution is 2.41. The number of carbonyl (C=O) groups excluding carboxylic acids is 1. The fourth-order valence-corrected chi connectivity index (χ4v) is 3.57. The first kappa shape index (κ1) is 26.0. The minimum Gasteiger partial charge on any atom is -0.508 e. The third kappa shape index (κ3) is 5.76. The third-order valence-corrected chi connectivity index (χ3v) is 5.07. The second-order valence-electron chi connectivity index (χ2n) is 6.82. The van der Waals surface area contributed by atoms with E-state index in [2.05, 4.69) is 17.9 Å². The van der Waals surface area contributed by atoms with E-state index in [0.717, 1.165) is 27.6 Å². The van der Waals surface area contributed by atoms with Crippen LogP contribution in [-0.4, -0.2) is 23.3 Å². The molecule has 2 aromatic rings. The number of fused-ring (bicyclic) bond motifs is 2. The van der Waals surface area contributed by atoms with E-state index in [-0.39, 0.29) is 17.1 Å². The van der Waals surface area contributed by atoms with Crippen molar-refractivity contribution in [2.45, 2.75) is 34.6 Å². The van der Waals surface area contributed by atoms with Gasteiger partial charge >= 0.3 is 0 Å². The first-order valence-electron chi connectivity index (χ1n) is 11.2. The lowest BCUT2D eigenvalue weighted by molar-refractivity contribution is 0.0956. The minimum atomic E-state index is -0.172. The van der Waals surface area contributed by atoms with Crippen molar-refractivity contribution < 1.29 is 14.3 Å². The van der Waals surface area contributed by atoms with Gasteiger partial charge in [0.2, 0.25) is 0 Å². The standard InChI is InChI=1S/C23H19NO4S.2C2H6/c1-13-2-3-14(23(27)24-8-9-29)10-19(13)22-17-6-4-15(25)11-20(17)28-21-12-16(26)5-7-18(21)22;2*1-2/h2-7,10-12,25,29H,8-9H2,1H3,(H,24,27);2*1-2H3. The Balaban J connectivity index is 0.000000914. The zero-order valence-electron chi connectivity index (χ0n) is 19.7. The maximum absolute atomic E-state index is 12.5. The SMILES string of the molecule is CC.CC.Cc1ccc(C(=O)NCCS)cc1-c1c2ccc(=O)cc-2oc2cc(O)ccc12. The van der Waals surface area contributed by atoms with Gasteiger partial charge < -0.3 is 14.8 Å². The van der Waals surface area contributed by atoms with E-state index in [1.54, 1.807) is 24.3 Å². The summed E-state index contributed by atoms with van der Waals surface area (Å²) in [5.74, 6) is 0.881. The Morgan fingerprint density at radius 2 is 1.70 bits per heavy atom. The van der Waals surface area contributed by atoms with Gasteiger partial charge in [0.15, 0.2) is 5.43 Å². The molecule has 0 unspecified atom stereocenters. The molecular weight excluding hydrogens is 434 g/mol. The summed E-state index contributed by atoms with van der Waals surface area (Å²) in [5.41, 5.74) is 4.28. The number of hydrogen-bond acceptors (Lipinski definition) is 5. The molecule has 0 bridgehead atoms. The van der Waals surface area contributed by atoms with Gasteiger partial charge in [-0.05, 0) is 54.4 Å². The topological polar surface area (TPSA) is 79.5 Å². The Bertz CT molecular complexity index is 1260. The summed E-state index contributed by atoms with van der Waals surface area (Å²) in [5, 5.41) is 13.5. The molecule has 2 aliphatic rings. The highest BCUT2D eigenvalue weighted by Gasteiger charge is 2.20. The Hall–Kier alpha value is -3.25. The fraction of sp³-hybridized carbons (Fsp3) is 0.259. The predicted octanol–water partition coefficient (Wildman–Crippen LogP) is 6.29. The van der Waals surface area contributed by atoms with Crippen LogP contribution < -0.4 is 10.7 Å². The summed E-state index contributed by atoms with van der Waals surface area (Å²) in [4.78, 5) is 24.4. The van der Waals surface area contributed by atoms with Gasteiger partial charge in [-0.3, -0.25) is 9.59 Å². The van der Waals surface area contributed by atoms with Crippen LogP contribution in [0.3, 0.4) is 0 Å². The average molecular weight is 466 g/mol. The van der Waals surface area contributed by atoms with Gasteiger partial charge in [-0.2, -0.15) is 12.6 Å². The molecule has 2 aromatic carbocycles. The zero-order valence-corrected chi connectivity index (χ0v) is 20.6. The molecule has 6 heteroatoms. The van der Waals surface area contributed by atoms with E-state index in [4.69, 9.17) is 4.42 Å². The largest absolute Gasteiger partial charge is 0.508 e. The lowest BCUT2D eigenvalue weighted by atomic mass is 9.90. The normalized spacial score (nSPS) is 10.1. The van der Waals surface area contributed by atoms with Crippen LogP contribution in [0.25, 0.3) is 33.4 Å². The molecule has 0 saturated carbocycles. The van der Waals surface area contributed by atoms with Gasteiger partial charge in [0.1, 0.15) is 17.1 Å². The highest BCUT2D eigenvalue weighted by atomic mass is 32.1. The van der Waals surface area contributed by atoms with Crippen LogP contribution in [0.15, 0.2) is 63.8 Å². The van der Waals surface area contributed by atoms with Crippen LogP contribution in [0.1, 0.15) is 43.6 Å². The maximum atomic E-state index is 12.5. The first-order chi connectivity index (χ1) is 16.0. The molecule has 1 amide bonds. The molecule has 0 radical (unpaired) electrons. The highest BCUT2D eigenvalue weighted by molar-refractivity contribution is 7.80. The molecule has 0 atom stereocenters. The fourth-order valence-electron chi connectivity index (χ4n) is 3.45. The van der Waals surface area contributed by atoms with Crippen LogP contribution >= 0.6 is 12.6 Å².